The molecule has 0 unspecified atom stereocenters. The number of rotatable bonds is 3. The molecule has 0 fully saturated rings. The largest absolute Gasteiger partial charge is 0.493 e. The van der Waals surface area contributed by atoms with Crippen LogP contribution in [0, 0.1) is 0 Å². The fourth-order valence-corrected chi connectivity index (χ4v) is 1.06. The lowest BCUT2D eigenvalue weighted by atomic mass is 10.0. The zero-order valence-corrected chi connectivity index (χ0v) is 8.87. The van der Waals surface area contributed by atoms with Crippen molar-refractivity contribution in [3.05, 3.63) is 11.9 Å². The van der Waals surface area contributed by atoms with Gasteiger partial charge in [-0.25, -0.2) is 0 Å². The molecular weight excluding hydrogens is 182 g/mol. The SMILES string of the molecule is COc1ncc(OC)c(C(C)(C)N)n1. The van der Waals surface area contributed by atoms with Crippen LogP contribution in [0.5, 0.6) is 11.8 Å². The molecule has 1 rings (SSSR count). The van der Waals surface area contributed by atoms with Gasteiger partial charge in [0.2, 0.25) is 0 Å². The zero-order chi connectivity index (χ0) is 10.8. The summed E-state index contributed by atoms with van der Waals surface area (Å²) in [6.07, 6.45) is 1.55. The molecule has 5 nitrogen and oxygen atoms in total. The smallest absolute Gasteiger partial charge is 0.316 e. The molecule has 1 aromatic heterocycles. The number of nitrogens with two attached hydrogens (primary N) is 1. The Labute approximate surface area is 83.3 Å². The topological polar surface area (TPSA) is 70.3 Å². The van der Waals surface area contributed by atoms with Crippen molar-refractivity contribution in [1.82, 2.24) is 9.97 Å². The van der Waals surface area contributed by atoms with Gasteiger partial charge in [-0.1, -0.05) is 0 Å². The van der Waals surface area contributed by atoms with Crippen LogP contribution in [-0.2, 0) is 5.54 Å². The van der Waals surface area contributed by atoms with E-state index in [1.165, 1.54) is 7.11 Å². The maximum Gasteiger partial charge on any atom is 0.316 e. The van der Waals surface area contributed by atoms with Crippen molar-refractivity contribution in [1.29, 1.82) is 0 Å². The minimum Gasteiger partial charge on any atom is -0.493 e. The molecule has 1 heterocycles. The Morgan fingerprint density at radius 1 is 1.29 bits per heavy atom. The summed E-state index contributed by atoms with van der Waals surface area (Å²) in [7, 11) is 3.06. The van der Waals surface area contributed by atoms with E-state index in [4.69, 9.17) is 15.2 Å². The highest BCUT2D eigenvalue weighted by molar-refractivity contribution is 5.31. The van der Waals surface area contributed by atoms with Crippen molar-refractivity contribution in [2.75, 3.05) is 14.2 Å². The summed E-state index contributed by atoms with van der Waals surface area (Å²) in [4.78, 5) is 8.08. The Kier molecular flexibility index (Phi) is 2.90. The van der Waals surface area contributed by atoms with Crippen molar-refractivity contribution >= 4 is 0 Å². The quantitative estimate of drug-likeness (QED) is 0.771. The van der Waals surface area contributed by atoms with Gasteiger partial charge in [-0.2, -0.15) is 9.97 Å². The lowest BCUT2D eigenvalue weighted by molar-refractivity contribution is 0.351. The average Bonchev–Trinajstić information content (AvgIpc) is 2.15. The molecule has 1 aromatic rings. The number of aromatic nitrogens is 2. The van der Waals surface area contributed by atoms with E-state index in [1.807, 2.05) is 13.8 Å². The predicted octanol–water partition coefficient (Wildman–Crippen LogP) is 0.688. The van der Waals surface area contributed by atoms with Crippen LogP contribution in [0.2, 0.25) is 0 Å². The number of nitrogens with zero attached hydrogens (tertiary/aromatic N) is 2. The van der Waals surface area contributed by atoms with E-state index >= 15 is 0 Å². The first kappa shape index (κ1) is 10.7. The lowest BCUT2D eigenvalue weighted by Gasteiger charge is -2.20. The second-order valence-corrected chi connectivity index (χ2v) is 3.50. The monoisotopic (exact) mass is 197 g/mol. The third-order valence-corrected chi connectivity index (χ3v) is 1.75. The maximum absolute atomic E-state index is 5.93. The summed E-state index contributed by atoms with van der Waals surface area (Å²) in [6, 6.07) is 0.291. The van der Waals surface area contributed by atoms with Crippen LogP contribution >= 0.6 is 0 Å². The zero-order valence-electron chi connectivity index (χ0n) is 8.87. The highest BCUT2D eigenvalue weighted by atomic mass is 16.5. The third kappa shape index (κ3) is 2.11. The Morgan fingerprint density at radius 3 is 2.36 bits per heavy atom. The summed E-state index contributed by atoms with van der Waals surface area (Å²) in [5.41, 5.74) is 5.98. The van der Waals surface area contributed by atoms with E-state index in [2.05, 4.69) is 9.97 Å². The maximum atomic E-state index is 5.93. The van der Waals surface area contributed by atoms with E-state index in [-0.39, 0.29) is 0 Å². The molecule has 78 valence electrons. The summed E-state index contributed by atoms with van der Waals surface area (Å²) < 4.78 is 10.0. The summed E-state index contributed by atoms with van der Waals surface area (Å²) in [6.45, 7) is 3.69. The second kappa shape index (κ2) is 3.79. The van der Waals surface area contributed by atoms with Crippen molar-refractivity contribution in [3.63, 3.8) is 0 Å². The van der Waals surface area contributed by atoms with Gasteiger partial charge in [0.15, 0.2) is 5.75 Å². The molecule has 0 saturated heterocycles. The molecule has 0 amide bonds. The summed E-state index contributed by atoms with van der Waals surface area (Å²) >= 11 is 0. The lowest BCUT2D eigenvalue weighted by Crippen LogP contribution is -2.30. The van der Waals surface area contributed by atoms with Crippen LogP contribution in [-0.4, -0.2) is 24.2 Å². The van der Waals surface area contributed by atoms with Gasteiger partial charge in [0.25, 0.3) is 0 Å². The first-order valence-electron chi connectivity index (χ1n) is 4.23. The van der Waals surface area contributed by atoms with Crippen LogP contribution in [0.25, 0.3) is 0 Å². The first-order chi connectivity index (χ1) is 6.49. The van der Waals surface area contributed by atoms with E-state index in [1.54, 1.807) is 13.3 Å². The van der Waals surface area contributed by atoms with Gasteiger partial charge in [0.05, 0.1) is 26.0 Å². The number of ether oxygens (including phenoxy) is 2. The molecule has 0 aromatic carbocycles. The standard InChI is InChI=1S/C9H15N3O2/c1-9(2,10)7-6(13-3)5-11-8(12-7)14-4/h5H,10H2,1-4H3. The van der Waals surface area contributed by atoms with Crippen molar-refractivity contribution < 1.29 is 9.47 Å². The van der Waals surface area contributed by atoms with Crippen LogP contribution in [0.3, 0.4) is 0 Å². The van der Waals surface area contributed by atoms with E-state index in [0.717, 1.165) is 0 Å². The predicted molar refractivity (Wildman–Crippen MR) is 52.3 cm³/mol. The minimum atomic E-state index is -0.582. The summed E-state index contributed by atoms with van der Waals surface area (Å²) in [5, 5.41) is 0. The van der Waals surface area contributed by atoms with E-state index in [0.29, 0.717) is 17.5 Å². The number of hydrogen-bond acceptors (Lipinski definition) is 5. The average molecular weight is 197 g/mol. The van der Waals surface area contributed by atoms with Gasteiger partial charge in [-0.05, 0) is 13.8 Å². The van der Waals surface area contributed by atoms with Crippen LogP contribution in [0.1, 0.15) is 19.5 Å². The Hall–Kier alpha value is -1.36. The normalized spacial score (nSPS) is 11.2. The van der Waals surface area contributed by atoms with Gasteiger partial charge >= 0.3 is 6.01 Å². The van der Waals surface area contributed by atoms with Gasteiger partial charge in [0.1, 0.15) is 5.69 Å². The molecule has 14 heavy (non-hydrogen) atoms. The molecule has 2 N–H and O–H groups in total. The first-order valence-corrected chi connectivity index (χ1v) is 4.23. The van der Waals surface area contributed by atoms with E-state index in [9.17, 15) is 0 Å². The fourth-order valence-electron chi connectivity index (χ4n) is 1.06. The molecule has 0 spiro atoms. The highest BCUT2D eigenvalue weighted by Gasteiger charge is 2.22. The Morgan fingerprint density at radius 2 is 1.93 bits per heavy atom. The Bertz CT molecular complexity index is 320. The third-order valence-electron chi connectivity index (χ3n) is 1.75. The molecule has 0 aliphatic heterocycles. The van der Waals surface area contributed by atoms with Gasteiger partial charge in [0, 0.05) is 0 Å². The molecule has 0 bridgehead atoms. The minimum absolute atomic E-state index is 0.291. The van der Waals surface area contributed by atoms with Crippen LogP contribution in [0.4, 0.5) is 0 Å². The second-order valence-electron chi connectivity index (χ2n) is 3.50. The van der Waals surface area contributed by atoms with E-state index < -0.39 is 5.54 Å². The van der Waals surface area contributed by atoms with Crippen molar-refractivity contribution in [2.45, 2.75) is 19.4 Å². The molecule has 0 radical (unpaired) electrons. The van der Waals surface area contributed by atoms with Crippen molar-refractivity contribution in [2.24, 2.45) is 5.73 Å². The van der Waals surface area contributed by atoms with Crippen molar-refractivity contribution in [3.8, 4) is 11.8 Å². The molecular formula is C9H15N3O2. The fraction of sp³-hybridized carbons (Fsp3) is 0.556. The molecule has 0 aliphatic rings. The molecule has 5 heteroatoms. The van der Waals surface area contributed by atoms with Gasteiger partial charge in [-0.15, -0.1) is 0 Å². The summed E-state index contributed by atoms with van der Waals surface area (Å²) in [5.74, 6) is 0.568. The highest BCUT2D eigenvalue weighted by Crippen LogP contribution is 2.26. The number of hydrogen-bond donors (Lipinski definition) is 1. The Balaban J connectivity index is 3.22. The van der Waals surface area contributed by atoms with Crippen LogP contribution < -0.4 is 15.2 Å². The molecule has 0 saturated carbocycles. The van der Waals surface area contributed by atoms with Gasteiger partial charge < -0.3 is 15.2 Å². The molecule has 0 atom stereocenters. The molecule has 0 aliphatic carbocycles. The number of methoxy groups -OCH3 is 2. The van der Waals surface area contributed by atoms with Gasteiger partial charge in [-0.3, -0.25) is 0 Å². The van der Waals surface area contributed by atoms with Crippen LogP contribution in [0.15, 0.2) is 6.20 Å².